The molecule has 3 aromatic rings. The van der Waals surface area contributed by atoms with Gasteiger partial charge in [0.05, 0.1) is 5.92 Å². The summed E-state index contributed by atoms with van der Waals surface area (Å²) in [6, 6.07) is 13.7. The molecule has 4 rings (SSSR count). The minimum absolute atomic E-state index is 0.0614. The standard InChI is InChI=1S/C18H17N5O/c24-17(14-9-5-7-12-6-1-2-8-13(12)14)21-18-20-16(22-23-18)15-10-3-4-11-19-15/h1-4,6,8,10-11,14H,5,7,9H2,(H2,20,21,22,23,24). The summed E-state index contributed by atoms with van der Waals surface area (Å²) in [6.07, 6.45) is 4.59. The molecule has 24 heavy (non-hydrogen) atoms. The highest BCUT2D eigenvalue weighted by Gasteiger charge is 2.26. The Balaban J connectivity index is 1.53. The lowest BCUT2D eigenvalue weighted by Gasteiger charge is -2.23. The van der Waals surface area contributed by atoms with Gasteiger partial charge in [-0.2, -0.15) is 4.98 Å². The third-order valence-corrected chi connectivity index (χ3v) is 4.31. The van der Waals surface area contributed by atoms with E-state index in [4.69, 9.17) is 0 Å². The van der Waals surface area contributed by atoms with E-state index in [-0.39, 0.29) is 17.8 Å². The predicted octanol–water partition coefficient (Wildman–Crippen LogP) is 2.93. The number of aromatic amines is 1. The number of nitrogens with one attached hydrogen (secondary N) is 2. The summed E-state index contributed by atoms with van der Waals surface area (Å²) in [6.45, 7) is 0. The number of hydrogen-bond donors (Lipinski definition) is 2. The molecule has 120 valence electrons. The van der Waals surface area contributed by atoms with Gasteiger partial charge >= 0.3 is 0 Å². The van der Waals surface area contributed by atoms with Crippen molar-refractivity contribution in [3.05, 3.63) is 59.8 Å². The highest BCUT2D eigenvalue weighted by molar-refractivity contribution is 5.95. The Morgan fingerprint density at radius 3 is 2.92 bits per heavy atom. The van der Waals surface area contributed by atoms with Crippen LogP contribution in [0.4, 0.5) is 5.95 Å². The maximum Gasteiger partial charge on any atom is 0.249 e. The monoisotopic (exact) mass is 319 g/mol. The number of amides is 1. The number of hydrogen-bond acceptors (Lipinski definition) is 4. The highest BCUT2D eigenvalue weighted by atomic mass is 16.2. The molecule has 1 amide bonds. The van der Waals surface area contributed by atoms with E-state index in [1.807, 2.05) is 36.4 Å². The minimum atomic E-state index is -0.147. The molecule has 0 fully saturated rings. The first kappa shape index (κ1) is 14.6. The molecular formula is C18H17N5O. The largest absolute Gasteiger partial charge is 0.293 e. The zero-order valence-corrected chi connectivity index (χ0v) is 13.1. The molecule has 0 aliphatic heterocycles. The third kappa shape index (κ3) is 2.78. The normalized spacial score (nSPS) is 16.4. The van der Waals surface area contributed by atoms with Gasteiger partial charge in [0.2, 0.25) is 11.9 Å². The van der Waals surface area contributed by atoms with Crippen molar-refractivity contribution >= 4 is 11.9 Å². The van der Waals surface area contributed by atoms with Gasteiger partial charge < -0.3 is 0 Å². The molecule has 2 aromatic heterocycles. The zero-order chi connectivity index (χ0) is 16.4. The van der Waals surface area contributed by atoms with Crippen LogP contribution in [0, 0.1) is 0 Å². The van der Waals surface area contributed by atoms with Crippen molar-refractivity contribution in [3.8, 4) is 11.5 Å². The van der Waals surface area contributed by atoms with E-state index in [2.05, 4.69) is 31.5 Å². The maximum absolute atomic E-state index is 12.7. The van der Waals surface area contributed by atoms with E-state index < -0.39 is 0 Å². The molecule has 0 spiro atoms. The summed E-state index contributed by atoms with van der Waals surface area (Å²) in [5, 5.41) is 9.71. The van der Waals surface area contributed by atoms with Crippen molar-refractivity contribution in [1.82, 2.24) is 20.2 Å². The first-order valence-electron chi connectivity index (χ1n) is 8.04. The van der Waals surface area contributed by atoms with Crippen molar-refractivity contribution in [3.63, 3.8) is 0 Å². The number of carbonyl (C=O) groups excluding carboxylic acids is 1. The Hall–Kier alpha value is -3.02. The Morgan fingerprint density at radius 1 is 1.17 bits per heavy atom. The molecule has 1 aliphatic rings. The van der Waals surface area contributed by atoms with E-state index in [9.17, 15) is 4.79 Å². The maximum atomic E-state index is 12.7. The van der Waals surface area contributed by atoms with Crippen LogP contribution in [0.25, 0.3) is 11.5 Å². The molecule has 0 bridgehead atoms. The van der Waals surface area contributed by atoms with E-state index in [0.717, 1.165) is 24.8 Å². The topological polar surface area (TPSA) is 83.6 Å². The average Bonchev–Trinajstić information content (AvgIpc) is 3.10. The number of aromatic nitrogens is 4. The SMILES string of the molecule is O=C(Nc1n[nH]c(-c2ccccn2)n1)C1CCCc2ccccc21. The number of benzene rings is 1. The third-order valence-electron chi connectivity index (χ3n) is 4.31. The van der Waals surface area contributed by atoms with Crippen LogP contribution in [0.1, 0.15) is 29.9 Å². The quantitative estimate of drug-likeness (QED) is 0.777. The van der Waals surface area contributed by atoms with Gasteiger partial charge in [-0.05, 0) is 42.5 Å². The lowest BCUT2D eigenvalue weighted by molar-refractivity contribution is -0.117. The number of carbonyl (C=O) groups is 1. The van der Waals surface area contributed by atoms with Crippen molar-refractivity contribution in [1.29, 1.82) is 0 Å². The Labute approximate surface area is 139 Å². The Kier molecular flexibility index (Phi) is 3.78. The molecule has 0 saturated heterocycles. The van der Waals surface area contributed by atoms with Crippen molar-refractivity contribution in [2.75, 3.05) is 5.32 Å². The summed E-state index contributed by atoms with van der Waals surface area (Å²) in [4.78, 5) is 21.2. The van der Waals surface area contributed by atoms with Gasteiger partial charge in [0.25, 0.3) is 0 Å². The second kappa shape index (κ2) is 6.23. The fourth-order valence-electron chi connectivity index (χ4n) is 3.16. The van der Waals surface area contributed by atoms with Crippen molar-refractivity contribution in [2.24, 2.45) is 0 Å². The molecule has 1 aromatic carbocycles. The number of nitrogens with zero attached hydrogens (tertiary/aromatic N) is 3. The summed E-state index contributed by atoms with van der Waals surface area (Å²) in [5.41, 5.74) is 3.06. The number of aryl methyl sites for hydroxylation is 1. The molecule has 6 nitrogen and oxygen atoms in total. The lowest BCUT2D eigenvalue weighted by Crippen LogP contribution is -2.25. The second-order valence-electron chi connectivity index (χ2n) is 5.86. The Bertz CT molecular complexity index is 859. The summed E-state index contributed by atoms with van der Waals surface area (Å²) >= 11 is 0. The van der Waals surface area contributed by atoms with E-state index >= 15 is 0 Å². The molecule has 1 atom stereocenters. The van der Waals surface area contributed by atoms with Gasteiger partial charge in [0.1, 0.15) is 5.69 Å². The van der Waals surface area contributed by atoms with Gasteiger partial charge in [-0.25, -0.2) is 0 Å². The van der Waals surface area contributed by atoms with E-state index in [1.54, 1.807) is 6.20 Å². The predicted molar refractivity (Wildman–Crippen MR) is 90.4 cm³/mol. The van der Waals surface area contributed by atoms with Gasteiger partial charge in [0.15, 0.2) is 5.82 Å². The fourth-order valence-corrected chi connectivity index (χ4v) is 3.16. The van der Waals surface area contributed by atoms with Gasteiger partial charge in [-0.1, -0.05) is 30.3 Å². The van der Waals surface area contributed by atoms with E-state index in [1.165, 1.54) is 5.56 Å². The summed E-state index contributed by atoms with van der Waals surface area (Å²) in [7, 11) is 0. The van der Waals surface area contributed by atoms with Crippen LogP contribution >= 0.6 is 0 Å². The number of rotatable bonds is 3. The van der Waals surface area contributed by atoms with Crippen LogP contribution in [0.15, 0.2) is 48.7 Å². The summed E-state index contributed by atoms with van der Waals surface area (Å²) < 4.78 is 0. The fraction of sp³-hybridized carbons (Fsp3) is 0.222. The Morgan fingerprint density at radius 2 is 2.04 bits per heavy atom. The average molecular weight is 319 g/mol. The number of fused-ring (bicyclic) bond motifs is 1. The molecule has 0 radical (unpaired) electrons. The van der Waals surface area contributed by atoms with Crippen LogP contribution < -0.4 is 5.32 Å². The van der Waals surface area contributed by atoms with Gasteiger partial charge in [0, 0.05) is 6.20 Å². The van der Waals surface area contributed by atoms with Crippen molar-refractivity contribution in [2.45, 2.75) is 25.2 Å². The number of H-pyrrole nitrogens is 1. The van der Waals surface area contributed by atoms with Gasteiger partial charge in [-0.3, -0.25) is 20.2 Å². The first-order chi connectivity index (χ1) is 11.8. The minimum Gasteiger partial charge on any atom is -0.293 e. The molecule has 1 aliphatic carbocycles. The molecule has 2 N–H and O–H groups in total. The molecule has 2 heterocycles. The number of anilines is 1. The van der Waals surface area contributed by atoms with Gasteiger partial charge in [-0.15, -0.1) is 5.10 Å². The summed E-state index contributed by atoms with van der Waals surface area (Å²) in [5.74, 6) is 0.610. The molecule has 6 heteroatoms. The number of pyridine rings is 1. The second-order valence-corrected chi connectivity index (χ2v) is 5.86. The highest BCUT2D eigenvalue weighted by Crippen LogP contribution is 2.32. The molecular weight excluding hydrogens is 302 g/mol. The molecule has 1 unspecified atom stereocenters. The smallest absolute Gasteiger partial charge is 0.249 e. The van der Waals surface area contributed by atoms with Crippen LogP contribution in [-0.2, 0) is 11.2 Å². The lowest BCUT2D eigenvalue weighted by atomic mass is 9.82. The van der Waals surface area contributed by atoms with Crippen LogP contribution in [0.2, 0.25) is 0 Å². The van der Waals surface area contributed by atoms with Crippen LogP contribution in [0.5, 0.6) is 0 Å². The zero-order valence-electron chi connectivity index (χ0n) is 13.1. The van der Waals surface area contributed by atoms with E-state index in [0.29, 0.717) is 11.5 Å². The van der Waals surface area contributed by atoms with Crippen molar-refractivity contribution < 1.29 is 4.79 Å². The van der Waals surface area contributed by atoms with Crippen LogP contribution in [-0.4, -0.2) is 26.1 Å². The molecule has 0 saturated carbocycles. The van der Waals surface area contributed by atoms with Crippen LogP contribution in [0.3, 0.4) is 0 Å². The first-order valence-corrected chi connectivity index (χ1v) is 8.04.